The number of nitrogens with one attached hydrogen (secondary N) is 1. The Morgan fingerprint density at radius 3 is 2.29 bits per heavy atom. The van der Waals surface area contributed by atoms with Gasteiger partial charge >= 0.3 is 11.9 Å². The number of ether oxygens (including phenoxy) is 2. The quantitative estimate of drug-likeness (QED) is 0.747. The molecule has 1 atom stereocenters. The first kappa shape index (κ1) is 17.0. The normalized spacial score (nSPS) is 11.6. The van der Waals surface area contributed by atoms with Gasteiger partial charge in [0, 0.05) is 12.1 Å². The zero-order valence-electron chi connectivity index (χ0n) is 12.8. The zero-order chi connectivity index (χ0) is 15.7. The van der Waals surface area contributed by atoms with Crippen molar-refractivity contribution in [1.29, 1.82) is 0 Å². The Labute approximate surface area is 125 Å². The molecular weight excluding hydrogens is 270 g/mol. The largest absolute Gasteiger partial charge is 0.466 e. The summed E-state index contributed by atoms with van der Waals surface area (Å²) < 4.78 is 9.92. The van der Waals surface area contributed by atoms with Gasteiger partial charge in [-0.2, -0.15) is 0 Å². The lowest BCUT2D eigenvalue weighted by molar-refractivity contribution is -0.145. The van der Waals surface area contributed by atoms with Gasteiger partial charge in [0.1, 0.15) is 6.04 Å². The standard InChI is InChI=1S/C16H23NO4/c1-4-20-15(18)11-10-14(16(19)21-5-2)17-13-8-6-12(3)7-9-13/h6-9,14,17H,4-5,10-11H2,1-3H3/t14-/m0/s1. The summed E-state index contributed by atoms with van der Waals surface area (Å²) in [6.45, 7) is 6.16. The van der Waals surface area contributed by atoms with Crippen molar-refractivity contribution in [2.45, 2.75) is 39.7 Å². The van der Waals surface area contributed by atoms with Gasteiger partial charge in [-0.05, 0) is 39.3 Å². The van der Waals surface area contributed by atoms with E-state index in [1.54, 1.807) is 13.8 Å². The Balaban J connectivity index is 2.65. The Hall–Kier alpha value is -2.04. The molecule has 0 heterocycles. The second-order valence-corrected chi connectivity index (χ2v) is 4.66. The summed E-state index contributed by atoms with van der Waals surface area (Å²) in [6, 6.07) is 7.14. The van der Waals surface area contributed by atoms with Gasteiger partial charge in [-0.15, -0.1) is 0 Å². The van der Waals surface area contributed by atoms with E-state index in [4.69, 9.17) is 9.47 Å². The van der Waals surface area contributed by atoms with Crippen LogP contribution in [0.15, 0.2) is 24.3 Å². The number of benzene rings is 1. The maximum Gasteiger partial charge on any atom is 0.328 e. The summed E-state index contributed by atoms with van der Waals surface area (Å²) in [5, 5.41) is 3.11. The molecule has 0 saturated heterocycles. The number of carbonyl (C=O) groups excluding carboxylic acids is 2. The highest BCUT2D eigenvalue weighted by atomic mass is 16.5. The second-order valence-electron chi connectivity index (χ2n) is 4.66. The lowest BCUT2D eigenvalue weighted by Gasteiger charge is -2.18. The highest BCUT2D eigenvalue weighted by Gasteiger charge is 2.21. The molecule has 0 amide bonds. The molecule has 1 rings (SSSR count). The Morgan fingerprint density at radius 2 is 1.71 bits per heavy atom. The van der Waals surface area contributed by atoms with Crippen LogP contribution in [-0.4, -0.2) is 31.2 Å². The van der Waals surface area contributed by atoms with Gasteiger partial charge in [0.05, 0.1) is 13.2 Å². The third-order valence-corrected chi connectivity index (χ3v) is 2.91. The number of hydrogen-bond acceptors (Lipinski definition) is 5. The van der Waals surface area contributed by atoms with E-state index in [0.29, 0.717) is 19.6 Å². The lowest BCUT2D eigenvalue weighted by atomic mass is 10.1. The highest BCUT2D eigenvalue weighted by molar-refractivity contribution is 5.80. The van der Waals surface area contributed by atoms with Gasteiger partial charge in [-0.25, -0.2) is 4.79 Å². The van der Waals surface area contributed by atoms with Crippen LogP contribution in [0, 0.1) is 6.92 Å². The number of hydrogen-bond donors (Lipinski definition) is 1. The lowest BCUT2D eigenvalue weighted by Crippen LogP contribution is -2.32. The summed E-state index contributed by atoms with van der Waals surface area (Å²) in [4.78, 5) is 23.4. The molecule has 0 radical (unpaired) electrons. The van der Waals surface area contributed by atoms with Crippen molar-refractivity contribution < 1.29 is 19.1 Å². The first-order chi connectivity index (χ1) is 10.1. The van der Waals surface area contributed by atoms with Crippen molar-refractivity contribution in [1.82, 2.24) is 0 Å². The summed E-state index contributed by atoms with van der Waals surface area (Å²) in [7, 11) is 0. The smallest absolute Gasteiger partial charge is 0.328 e. The Kier molecular flexibility index (Phi) is 7.29. The van der Waals surface area contributed by atoms with Gasteiger partial charge < -0.3 is 14.8 Å². The van der Waals surface area contributed by atoms with Crippen LogP contribution in [0.1, 0.15) is 32.3 Å². The monoisotopic (exact) mass is 293 g/mol. The molecule has 0 unspecified atom stereocenters. The van der Waals surface area contributed by atoms with Crippen LogP contribution in [0.2, 0.25) is 0 Å². The van der Waals surface area contributed by atoms with Crippen molar-refractivity contribution in [3.8, 4) is 0 Å². The van der Waals surface area contributed by atoms with E-state index in [0.717, 1.165) is 11.3 Å². The molecule has 0 aliphatic rings. The molecule has 21 heavy (non-hydrogen) atoms. The van der Waals surface area contributed by atoms with Crippen molar-refractivity contribution in [3.05, 3.63) is 29.8 Å². The van der Waals surface area contributed by atoms with Crippen LogP contribution in [0.25, 0.3) is 0 Å². The van der Waals surface area contributed by atoms with E-state index >= 15 is 0 Å². The molecule has 0 saturated carbocycles. The van der Waals surface area contributed by atoms with Crippen LogP contribution >= 0.6 is 0 Å². The summed E-state index contributed by atoms with van der Waals surface area (Å²) >= 11 is 0. The van der Waals surface area contributed by atoms with E-state index in [-0.39, 0.29) is 18.4 Å². The van der Waals surface area contributed by atoms with Crippen molar-refractivity contribution in [2.75, 3.05) is 18.5 Å². The van der Waals surface area contributed by atoms with Gasteiger partial charge in [0.2, 0.25) is 0 Å². The predicted molar refractivity (Wildman–Crippen MR) is 81.1 cm³/mol. The first-order valence-electron chi connectivity index (χ1n) is 7.22. The fourth-order valence-electron chi connectivity index (χ4n) is 1.84. The minimum atomic E-state index is -0.558. The van der Waals surface area contributed by atoms with Crippen molar-refractivity contribution in [3.63, 3.8) is 0 Å². The fraction of sp³-hybridized carbons (Fsp3) is 0.500. The van der Waals surface area contributed by atoms with Gasteiger partial charge in [-0.1, -0.05) is 17.7 Å². The van der Waals surface area contributed by atoms with Crippen LogP contribution in [0.4, 0.5) is 5.69 Å². The molecule has 1 N–H and O–H groups in total. The molecule has 1 aromatic rings. The third kappa shape index (κ3) is 6.29. The van der Waals surface area contributed by atoms with E-state index in [1.807, 2.05) is 31.2 Å². The van der Waals surface area contributed by atoms with E-state index < -0.39 is 6.04 Å². The number of aryl methyl sites for hydroxylation is 1. The van der Waals surface area contributed by atoms with E-state index in [9.17, 15) is 9.59 Å². The van der Waals surface area contributed by atoms with E-state index in [2.05, 4.69) is 5.32 Å². The third-order valence-electron chi connectivity index (χ3n) is 2.91. The topological polar surface area (TPSA) is 64.6 Å². The van der Waals surface area contributed by atoms with Crippen LogP contribution < -0.4 is 5.32 Å². The van der Waals surface area contributed by atoms with Gasteiger partial charge in [-0.3, -0.25) is 4.79 Å². The van der Waals surface area contributed by atoms with Crippen molar-refractivity contribution in [2.24, 2.45) is 0 Å². The molecule has 0 aromatic heterocycles. The molecule has 5 heteroatoms. The van der Waals surface area contributed by atoms with Gasteiger partial charge in [0.25, 0.3) is 0 Å². The molecule has 0 fully saturated rings. The Bertz CT molecular complexity index is 456. The first-order valence-corrected chi connectivity index (χ1v) is 7.22. The average Bonchev–Trinajstić information content (AvgIpc) is 2.46. The summed E-state index contributed by atoms with van der Waals surface area (Å²) in [5.41, 5.74) is 1.96. The Morgan fingerprint density at radius 1 is 1.10 bits per heavy atom. The van der Waals surface area contributed by atoms with E-state index in [1.165, 1.54) is 0 Å². The molecule has 0 aliphatic carbocycles. The summed E-state index contributed by atoms with van der Waals surface area (Å²) in [6.07, 6.45) is 0.516. The molecular formula is C16H23NO4. The molecule has 5 nitrogen and oxygen atoms in total. The molecule has 0 spiro atoms. The second kappa shape index (κ2) is 9.00. The molecule has 0 aliphatic heterocycles. The number of esters is 2. The molecule has 116 valence electrons. The minimum absolute atomic E-state index is 0.177. The maximum absolute atomic E-state index is 11.9. The average molecular weight is 293 g/mol. The molecule has 0 bridgehead atoms. The molecule has 1 aromatic carbocycles. The highest BCUT2D eigenvalue weighted by Crippen LogP contribution is 2.13. The van der Waals surface area contributed by atoms with Crippen LogP contribution in [-0.2, 0) is 19.1 Å². The van der Waals surface area contributed by atoms with Crippen LogP contribution in [0.3, 0.4) is 0 Å². The van der Waals surface area contributed by atoms with Gasteiger partial charge in [0.15, 0.2) is 0 Å². The predicted octanol–water partition coefficient (Wildman–Crippen LogP) is 2.68. The summed E-state index contributed by atoms with van der Waals surface area (Å²) in [5.74, 6) is -0.667. The van der Waals surface area contributed by atoms with Crippen molar-refractivity contribution >= 4 is 17.6 Å². The van der Waals surface area contributed by atoms with Crippen LogP contribution in [0.5, 0.6) is 0 Å². The SMILES string of the molecule is CCOC(=O)CC[C@H](Nc1ccc(C)cc1)C(=O)OCC. The maximum atomic E-state index is 11.9. The number of carbonyl (C=O) groups is 2. The minimum Gasteiger partial charge on any atom is -0.466 e. The number of anilines is 1. The zero-order valence-corrected chi connectivity index (χ0v) is 12.8. The number of rotatable bonds is 8. The fourth-order valence-corrected chi connectivity index (χ4v) is 1.84.